The summed E-state index contributed by atoms with van der Waals surface area (Å²) in [6, 6.07) is 21.5. The second kappa shape index (κ2) is 9.70. The summed E-state index contributed by atoms with van der Waals surface area (Å²) in [5.41, 5.74) is 1.80. The van der Waals surface area contributed by atoms with Crippen LogP contribution < -0.4 is 4.74 Å². The van der Waals surface area contributed by atoms with Crippen molar-refractivity contribution < 1.29 is 23.9 Å². The van der Waals surface area contributed by atoms with Crippen LogP contribution in [0.4, 0.5) is 4.79 Å². The molecule has 0 unspecified atom stereocenters. The predicted octanol–water partition coefficient (Wildman–Crippen LogP) is 5.02. The number of hydrogen-bond donors (Lipinski definition) is 0. The minimum Gasteiger partial charge on any atom is -0.489 e. The molecular formula is C25H21NO5S. The molecule has 1 aliphatic heterocycles. The zero-order valence-corrected chi connectivity index (χ0v) is 18.3. The largest absolute Gasteiger partial charge is 0.489 e. The maximum absolute atomic E-state index is 12.6. The Bertz CT molecular complexity index is 1210. The second-order valence-electron chi connectivity index (χ2n) is 7.07. The number of carbonyl (C=O) groups is 3. The first kappa shape index (κ1) is 21.6. The minimum absolute atomic E-state index is 0.191. The molecule has 1 heterocycles. The van der Waals surface area contributed by atoms with Crippen LogP contribution in [0.15, 0.2) is 71.6 Å². The van der Waals surface area contributed by atoms with E-state index in [2.05, 4.69) is 18.2 Å². The molecule has 0 saturated carbocycles. The van der Waals surface area contributed by atoms with Crippen LogP contribution in [0.5, 0.6) is 5.75 Å². The number of carbonyl (C=O) groups excluding carboxylic acids is 3. The van der Waals surface area contributed by atoms with Crippen molar-refractivity contribution >= 4 is 45.7 Å². The highest BCUT2D eigenvalue weighted by Gasteiger charge is 2.36. The fourth-order valence-corrected chi connectivity index (χ4v) is 4.24. The maximum Gasteiger partial charge on any atom is 0.326 e. The first-order chi connectivity index (χ1) is 15.5. The van der Waals surface area contributed by atoms with E-state index in [-0.39, 0.29) is 18.1 Å². The number of fused-ring (bicyclic) bond motifs is 1. The summed E-state index contributed by atoms with van der Waals surface area (Å²) in [6.07, 6.45) is 1.63. The van der Waals surface area contributed by atoms with Gasteiger partial charge in [-0.1, -0.05) is 54.6 Å². The van der Waals surface area contributed by atoms with E-state index in [4.69, 9.17) is 9.47 Å². The summed E-state index contributed by atoms with van der Waals surface area (Å²) < 4.78 is 10.8. The zero-order valence-electron chi connectivity index (χ0n) is 17.4. The summed E-state index contributed by atoms with van der Waals surface area (Å²) in [7, 11) is 0. The molecule has 0 radical (unpaired) electrons. The Labute approximate surface area is 189 Å². The number of nitrogens with zero attached hydrogens (tertiary/aromatic N) is 1. The van der Waals surface area contributed by atoms with Crippen molar-refractivity contribution in [3.63, 3.8) is 0 Å². The van der Waals surface area contributed by atoms with Gasteiger partial charge in [0, 0.05) is 0 Å². The summed E-state index contributed by atoms with van der Waals surface area (Å²) in [5, 5.41) is 1.81. The van der Waals surface area contributed by atoms with Crippen LogP contribution in [-0.2, 0) is 20.9 Å². The van der Waals surface area contributed by atoms with E-state index in [9.17, 15) is 14.4 Å². The van der Waals surface area contributed by atoms with Gasteiger partial charge >= 0.3 is 5.97 Å². The molecule has 32 heavy (non-hydrogen) atoms. The van der Waals surface area contributed by atoms with Crippen molar-refractivity contribution in [2.45, 2.75) is 13.5 Å². The molecule has 0 aromatic heterocycles. The smallest absolute Gasteiger partial charge is 0.326 e. The highest BCUT2D eigenvalue weighted by molar-refractivity contribution is 8.18. The maximum atomic E-state index is 12.6. The van der Waals surface area contributed by atoms with Crippen LogP contribution in [0.2, 0.25) is 0 Å². The third-order valence-electron chi connectivity index (χ3n) is 4.90. The second-order valence-corrected chi connectivity index (χ2v) is 8.07. The van der Waals surface area contributed by atoms with E-state index in [1.54, 1.807) is 13.0 Å². The quantitative estimate of drug-likeness (QED) is 0.374. The number of amides is 2. The van der Waals surface area contributed by atoms with Crippen molar-refractivity contribution in [3.8, 4) is 5.75 Å². The van der Waals surface area contributed by atoms with Gasteiger partial charge in [-0.15, -0.1) is 0 Å². The molecule has 0 N–H and O–H groups in total. The molecule has 2 amide bonds. The number of imide groups is 1. The normalized spacial score (nSPS) is 14.9. The average molecular weight is 448 g/mol. The lowest BCUT2D eigenvalue weighted by atomic mass is 10.1. The number of hydrogen-bond acceptors (Lipinski definition) is 6. The molecule has 0 spiro atoms. The first-order valence-corrected chi connectivity index (χ1v) is 11.0. The highest BCUT2D eigenvalue weighted by Crippen LogP contribution is 2.32. The molecule has 3 aromatic carbocycles. The fourth-order valence-electron chi connectivity index (χ4n) is 3.40. The Morgan fingerprint density at radius 3 is 2.66 bits per heavy atom. The molecule has 0 atom stereocenters. The van der Waals surface area contributed by atoms with Crippen LogP contribution in [0.3, 0.4) is 0 Å². The molecule has 1 aliphatic rings. The van der Waals surface area contributed by atoms with Crippen molar-refractivity contribution in [2.24, 2.45) is 0 Å². The molecule has 0 bridgehead atoms. The first-order valence-electron chi connectivity index (χ1n) is 10.2. The third kappa shape index (κ3) is 4.84. The van der Waals surface area contributed by atoms with Crippen molar-refractivity contribution in [1.82, 2.24) is 4.90 Å². The van der Waals surface area contributed by atoms with E-state index in [1.807, 2.05) is 48.5 Å². The SMILES string of the molecule is CCOC(=O)CN1C(=O)S/C(=C/c2cccc(OCc3cccc4ccccc34)c2)C1=O. The van der Waals surface area contributed by atoms with Gasteiger partial charge in [-0.05, 0) is 58.8 Å². The molecule has 7 heteroatoms. The number of thioether (sulfide) groups is 1. The lowest BCUT2D eigenvalue weighted by Gasteiger charge is -2.11. The molecule has 6 nitrogen and oxygen atoms in total. The molecule has 162 valence electrons. The Hall–Kier alpha value is -3.58. The van der Waals surface area contributed by atoms with E-state index in [1.165, 1.54) is 0 Å². The van der Waals surface area contributed by atoms with Gasteiger partial charge in [-0.3, -0.25) is 19.3 Å². The number of rotatable bonds is 7. The van der Waals surface area contributed by atoms with Crippen molar-refractivity contribution in [1.29, 1.82) is 0 Å². The summed E-state index contributed by atoms with van der Waals surface area (Å²) in [5.74, 6) is -0.465. The highest BCUT2D eigenvalue weighted by atomic mass is 32.2. The summed E-state index contributed by atoms with van der Waals surface area (Å²) in [4.78, 5) is 37.5. The van der Waals surface area contributed by atoms with Crippen LogP contribution >= 0.6 is 11.8 Å². The monoisotopic (exact) mass is 447 g/mol. The fraction of sp³-hybridized carbons (Fsp3) is 0.160. The minimum atomic E-state index is -0.611. The lowest BCUT2D eigenvalue weighted by Crippen LogP contribution is -2.34. The molecule has 3 aromatic rings. The molecular weight excluding hydrogens is 426 g/mol. The molecule has 1 fully saturated rings. The lowest BCUT2D eigenvalue weighted by molar-refractivity contribution is -0.145. The van der Waals surface area contributed by atoms with Gasteiger partial charge in [0.2, 0.25) is 0 Å². The number of benzene rings is 3. The number of esters is 1. The average Bonchev–Trinajstić information content (AvgIpc) is 3.05. The van der Waals surface area contributed by atoms with Gasteiger partial charge in [-0.25, -0.2) is 0 Å². The van der Waals surface area contributed by atoms with E-state index in [0.717, 1.165) is 38.6 Å². The van der Waals surface area contributed by atoms with E-state index >= 15 is 0 Å². The Morgan fingerprint density at radius 2 is 1.81 bits per heavy atom. The molecule has 1 saturated heterocycles. The predicted molar refractivity (Wildman–Crippen MR) is 124 cm³/mol. The van der Waals surface area contributed by atoms with Gasteiger partial charge < -0.3 is 9.47 Å². The van der Waals surface area contributed by atoms with Crippen LogP contribution in [0.1, 0.15) is 18.1 Å². The molecule has 4 rings (SSSR count). The Kier molecular flexibility index (Phi) is 6.56. The topological polar surface area (TPSA) is 72.9 Å². The van der Waals surface area contributed by atoms with Crippen LogP contribution in [0, 0.1) is 0 Å². The standard InChI is InChI=1S/C25H21NO5S/c1-2-30-23(27)15-26-24(28)22(32-25(26)29)14-17-7-5-11-20(13-17)31-16-19-10-6-9-18-8-3-4-12-21(18)19/h3-14H,2,15-16H2,1H3/b22-14+. The van der Waals surface area contributed by atoms with E-state index < -0.39 is 17.1 Å². The van der Waals surface area contributed by atoms with Gasteiger partial charge in [-0.2, -0.15) is 0 Å². The van der Waals surface area contributed by atoms with Crippen molar-refractivity contribution in [2.75, 3.05) is 13.2 Å². The summed E-state index contributed by atoms with van der Waals surface area (Å²) in [6.45, 7) is 1.88. The van der Waals surface area contributed by atoms with Gasteiger partial charge in [0.15, 0.2) is 0 Å². The summed E-state index contributed by atoms with van der Waals surface area (Å²) >= 11 is 0.804. The number of ether oxygens (including phenoxy) is 2. The van der Waals surface area contributed by atoms with Crippen LogP contribution in [-0.4, -0.2) is 35.2 Å². The van der Waals surface area contributed by atoms with E-state index in [0.29, 0.717) is 12.4 Å². The van der Waals surface area contributed by atoms with Crippen LogP contribution in [0.25, 0.3) is 16.8 Å². The van der Waals surface area contributed by atoms with Crippen molar-refractivity contribution in [3.05, 3.63) is 82.8 Å². The Morgan fingerprint density at radius 1 is 1.03 bits per heavy atom. The van der Waals surface area contributed by atoms with Gasteiger partial charge in [0.1, 0.15) is 18.9 Å². The van der Waals surface area contributed by atoms with Gasteiger partial charge in [0.25, 0.3) is 11.1 Å². The van der Waals surface area contributed by atoms with Gasteiger partial charge in [0.05, 0.1) is 11.5 Å². The third-order valence-corrected chi connectivity index (χ3v) is 5.80. The molecule has 0 aliphatic carbocycles. The Balaban J connectivity index is 1.47. The zero-order chi connectivity index (χ0) is 22.5.